The number of hydrogen-bond donors (Lipinski definition) is 0. The zero-order valence-corrected chi connectivity index (χ0v) is 7.08. The Hall–Kier alpha value is -0.800. The maximum atomic E-state index is 5.47. The molecule has 2 rings (SSSR count). The molecule has 0 unspecified atom stereocenters. The van der Waals surface area contributed by atoms with Crippen LogP contribution in [0.15, 0.2) is 16.5 Å². The van der Waals surface area contributed by atoms with E-state index in [0.29, 0.717) is 13.2 Å². The topological polar surface area (TPSA) is 31.6 Å². The van der Waals surface area contributed by atoms with Crippen molar-refractivity contribution in [1.29, 1.82) is 0 Å². The molecule has 1 fully saturated rings. The van der Waals surface area contributed by atoms with E-state index in [1.54, 1.807) is 0 Å². The van der Waals surface area contributed by atoms with Gasteiger partial charge in [0, 0.05) is 6.42 Å². The summed E-state index contributed by atoms with van der Waals surface area (Å²) in [4.78, 5) is 0. The van der Waals surface area contributed by atoms with Crippen LogP contribution in [0.1, 0.15) is 24.7 Å². The molecule has 0 N–H and O–H groups in total. The summed E-state index contributed by atoms with van der Waals surface area (Å²) in [6, 6.07) is 3.87. The third-order valence-corrected chi connectivity index (χ3v) is 1.88. The zero-order valence-electron chi connectivity index (χ0n) is 7.08. The predicted molar refractivity (Wildman–Crippen MR) is 42.7 cm³/mol. The van der Waals surface area contributed by atoms with Gasteiger partial charge in [-0.1, -0.05) is 6.92 Å². The van der Waals surface area contributed by atoms with Crippen LogP contribution < -0.4 is 0 Å². The van der Waals surface area contributed by atoms with Crippen LogP contribution in [0.25, 0.3) is 0 Å². The summed E-state index contributed by atoms with van der Waals surface area (Å²) >= 11 is 0. The molecule has 0 saturated carbocycles. The first kappa shape index (κ1) is 7.83. The first-order valence-corrected chi connectivity index (χ1v) is 4.22. The molecule has 2 heterocycles. The molecule has 0 spiro atoms. The third-order valence-electron chi connectivity index (χ3n) is 1.88. The molecule has 0 radical (unpaired) electrons. The highest BCUT2D eigenvalue weighted by Gasteiger charge is 2.21. The molecule has 1 aromatic rings. The van der Waals surface area contributed by atoms with Gasteiger partial charge in [-0.2, -0.15) is 0 Å². The van der Waals surface area contributed by atoms with Crippen molar-refractivity contribution in [2.24, 2.45) is 0 Å². The monoisotopic (exact) mass is 168 g/mol. The van der Waals surface area contributed by atoms with Gasteiger partial charge in [0.15, 0.2) is 5.76 Å². The molecule has 3 nitrogen and oxygen atoms in total. The Balaban J connectivity index is 2.11. The maximum Gasteiger partial charge on any atom is 0.217 e. The predicted octanol–water partition coefficient (Wildman–Crippen LogP) is 1.89. The van der Waals surface area contributed by atoms with Crippen LogP contribution in [0.5, 0.6) is 0 Å². The summed E-state index contributed by atoms with van der Waals surface area (Å²) in [5, 5.41) is 0. The lowest BCUT2D eigenvalue weighted by Gasteiger charge is -2.03. The minimum absolute atomic E-state index is 0.273. The molecule has 1 saturated heterocycles. The molecule has 0 aromatic carbocycles. The van der Waals surface area contributed by atoms with Gasteiger partial charge in [0.1, 0.15) is 5.76 Å². The van der Waals surface area contributed by atoms with Crippen LogP contribution >= 0.6 is 0 Å². The third kappa shape index (κ3) is 1.38. The first-order chi connectivity index (χ1) is 5.90. The molecule has 3 heteroatoms. The lowest BCUT2D eigenvalue weighted by molar-refractivity contribution is -0.0593. The van der Waals surface area contributed by atoms with Crippen molar-refractivity contribution >= 4 is 0 Å². The summed E-state index contributed by atoms with van der Waals surface area (Å²) in [5.74, 6) is 1.76. The standard InChI is InChI=1S/C9H12O3/c1-2-7-3-4-8(12-7)9-10-5-6-11-9/h3-4,9H,2,5-6H2,1H3. The van der Waals surface area contributed by atoms with Crippen LogP contribution in [0, 0.1) is 0 Å². The molecule has 0 amide bonds. The SMILES string of the molecule is CCc1ccc(C2OCCO2)o1. The highest BCUT2D eigenvalue weighted by molar-refractivity contribution is 5.08. The number of furan rings is 1. The van der Waals surface area contributed by atoms with Gasteiger partial charge < -0.3 is 13.9 Å². The number of ether oxygens (including phenoxy) is 2. The molecule has 0 aliphatic carbocycles. The average Bonchev–Trinajstić information content (AvgIpc) is 2.75. The van der Waals surface area contributed by atoms with Crippen molar-refractivity contribution in [2.75, 3.05) is 13.2 Å². The van der Waals surface area contributed by atoms with Crippen molar-refractivity contribution in [3.8, 4) is 0 Å². The highest BCUT2D eigenvalue weighted by Crippen LogP contribution is 2.24. The van der Waals surface area contributed by atoms with Crippen molar-refractivity contribution in [1.82, 2.24) is 0 Å². The second kappa shape index (κ2) is 3.29. The van der Waals surface area contributed by atoms with E-state index in [1.165, 1.54) is 0 Å². The number of hydrogen-bond acceptors (Lipinski definition) is 3. The molecule has 66 valence electrons. The summed E-state index contributed by atoms with van der Waals surface area (Å²) < 4.78 is 16.0. The van der Waals surface area contributed by atoms with E-state index in [4.69, 9.17) is 13.9 Å². The smallest absolute Gasteiger partial charge is 0.217 e. The molecular formula is C9H12O3. The fourth-order valence-electron chi connectivity index (χ4n) is 1.23. The molecular weight excluding hydrogens is 156 g/mol. The van der Waals surface area contributed by atoms with E-state index >= 15 is 0 Å². The van der Waals surface area contributed by atoms with E-state index in [9.17, 15) is 0 Å². The van der Waals surface area contributed by atoms with Gasteiger partial charge in [0.05, 0.1) is 13.2 Å². The van der Waals surface area contributed by atoms with Crippen molar-refractivity contribution in [3.63, 3.8) is 0 Å². The van der Waals surface area contributed by atoms with E-state index in [2.05, 4.69) is 6.92 Å². The van der Waals surface area contributed by atoms with Crippen LogP contribution in [0.2, 0.25) is 0 Å². The van der Waals surface area contributed by atoms with E-state index in [0.717, 1.165) is 17.9 Å². The average molecular weight is 168 g/mol. The first-order valence-electron chi connectivity index (χ1n) is 4.22. The summed E-state index contributed by atoms with van der Waals surface area (Å²) in [6.45, 7) is 3.37. The summed E-state index contributed by atoms with van der Waals surface area (Å²) in [7, 11) is 0. The summed E-state index contributed by atoms with van der Waals surface area (Å²) in [5.41, 5.74) is 0. The van der Waals surface area contributed by atoms with Crippen LogP contribution in [0.3, 0.4) is 0 Å². The van der Waals surface area contributed by atoms with E-state index in [-0.39, 0.29) is 6.29 Å². The normalized spacial score (nSPS) is 18.8. The van der Waals surface area contributed by atoms with Crippen molar-refractivity contribution < 1.29 is 13.9 Å². The van der Waals surface area contributed by atoms with E-state index in [1.807, 2.05) is 12.1 Å². The number of aryl methyl sites for hydroxylation is 1. The second-order valence-corrected chi connectivity index (χ2v) is 2.73. The molecule has 1 aliphatic rings. The minimum atomic E-state index is -0.273. The van der Waals surface area contributed by atoms with Gasteiger partial charge in [-0.15, -0.1) is 0 Å². The Morgan fingerprint density at radius 3 is 2.67 bits per heavy atom. The fourth-order valence-corrected chi connectivity index (χ4v) is 1.23. The Kier molecular flexibility index (Phi) is 2.15. The highest BCUT2D eigenvalue weighted by atomic mass is 16.7. The number of rotatable bonds is 2. The maximum absolute atomic E-state index is 5.47. The molecule has 0 bridgehead atoms. The molecule has 0 atom stereocenters. The van der Waals surface area contributed by atoms with Crippen molar-refractivity contribution in [2.45, 2.75) is 19.6 Å². The van der Waals surface area contributed by atoms with E-state index < -0.39 is 0 Å². The Morgan fingerprint density at radius 1 is 1.33 bits per heavy atom. The summed E-state index contributed by atoms with van der Waals surface area (Å²) in [6.07, 6.45) is 0.637. The minimum Gasteiger partial charge on any atom is -0.461 e. The Morgan fingerprint density at radius 2 is 2.08 bits per heavy atom. The van der Waals surface area contributed by atoms with Crippen LogP contribution in [0.4, 0.5) is 0 Å². The lowest BCUT2D eigenvalue weighted by atomic mass is 10.3. The van der Waals surface area contributed by atoms with Gasteiger partial charge in [-0.25, -0.2) is 0 Å². The van der Waals surface area contributed by atoms with Crippen LogP contribution in [-0.2, 0) is 15.9 Å². The van der Waals surface area contributed by atoms with Crippen molar-refractivity contribution in [3.05, 3.63) is 23.7 Å². The van der Waals surface area contributed by atoms with Gasteiger partial charge >= 0.3 is 0 Å². The quantitative estimate of drug-likeness (QED) is 0.675. The molecule has 12 heavy (non-hydrogen) atoms. The van der Waals surface area contributed by atoms with Gasteiger partial charge in [-0.3, -0.25) is 0 Å². The van der Waals surface area contributed by atoms with Gasteiger partial charge in [-0.05, 0) is 12.1 Å². The molecule has 1 aliphatic heterocycles. The largest absolute Gasteiger partial charge is 0.461 e. The molecule has 1 aromatic heterocycles. The Labute approximate surface area is 71.3 Å². The fraction of sp³-hybridized carbons (Fsp3) is 0.556. The Bertz CT molecular complexity index is 248. The lowest BCUT2D eigenvalue weighted by Crippen LogP contribution is -1.94. The van der Waals surface area contributed by atoms with Crippen LogP contribution in [-0.4, -0.2) is 13.2 Å². The second-order valence-electron chi connectivity index (χ2n) is 2.73. The van der Waals surface area contributed by atoms with Gasteiger partial charge in [0.2, 0.25) is 6.29 Å². The zero-order chi connectivity index (χ0) is 8.39. The van der Waals surface area contributed by atoms with Gasteiger partial charge in [0.25, 0.3) is 0 Å².